The molecule has 1 rings (SSSR count). The largest absolute Gasteiger partial charge is 0.547 e. The first-order valence-electron chi connectivity index (χ1n) is 5.33. The number of aliphatic hydroxyl groups is 1. The minimum absolute atomic E-state index is 0.409. The van der Waals surface area contributed by atoms with E-state index in [2.05, 4.69) is 24.8 Å². The van der Waals surface area contributed by atoms with Gasteiger partial charge in [-0.15, -0.1) is 0 Å². The zero-order valence-electron chi connectivity index (χ0n) is 10.1. The second-order valence-corrected chi connectivity index (χ2v) is 3.74. The topological polar surface area (TPSA) is 125 Å². The molecule has 18 heavy (non-hydrogen) atoms. The Labute approximate surface area is 105 Å². The van der Waals surface area contributed by atoms with Crippen molar-refractivity contribution in [3.63, 3.8) is 0 Å². The third-order valence-electron chi connectivity index (χ3n) is 2.01. The maximum absolute atomic E-state index is 9.66. The van der Waals surface area contributed by atoms with Crippen LogP contribution >= 0.6 is 0 Å². The molecular weight excluding hydrogens is 238 g/mol. The summed E-state index contributed by atoms with van der Waals surface area (Å²) in [6.07, 6.45) is -2.72. The molecule has 6 heteroatoms. The molecule has 0 bridgehead atoms. The van der Waals surface area contributed by atoms with Crippen molar-refractivity contribution in [3.05, 3.63) is 35.9 Å². The Bertz CT molecular complexity index is 377. The predicted octanol–water partition coefficient (Wildman–Crippen LogP) is -1.44. The summed E-state index contributed by atoms with van der Waals surface area (Å²) in [6.45, 7) is 2.09. The van der Waals surface area contributed by atoms with Gasteiger partial charge in [-0.1, -0.05) is 30.3 Å². The van der Waals surface area contributed by atoms with E-state index in [0.717, 1.165) is 0 Å². The highest BCUT2D eigenvalue weighted by molar-refractivity contribution is 5.77. The molecule has 0 aliphatic rings. The van der Waals surface area contributed by atoms with Crippen molar-refractivity contribution in [1.29, 1.82) is 0 Å². The van der Waals surface area contributed by atoms with Crippen LogP contribution in [-0.4, -0.2) is 28.3 Å². The standard InChI is InChI=1S/C8H11N.C4H6O5/c1-7(9)8-5-3-2-4-6-8;5-2(4(8)9)1-3(6)7/h2-7H,9H2,1H3;2,5H,1H2,(H,6,7)(H,8,9)/t7-;2-/m11/s1. The highest BCUT2D eigenvalue weighted by Crippen LogP contribution is 2.04. The van der Waals surface area contributed by atoms with Crippen LogP contribution in [0.2, 0.25) is 0 Å². The van der Waals surface area contributed by atoms with Gasteiger partial charge in [0.1, 0.15) is 12.1 Å². The minimum atomic E-state index is -1.90. The van der Waals surface area contributed by atoms with Gasteiger partial charge < -0.3 is 25.8 Å². The number of aliphatic carboxylic acids is 2. The van der Waals surface area contributed by atoms with Gasteiger partial charge in [-0.3, -0.25) is 4.79 Å². The van der Waals surface area contributed by atoms with E-state index in [-0.39, 0.29) is 0 Å². The fourth-order valence-corrected chi connectivity index (χ4v) is 1.03. The van der Waals surface area contributed by atoms with E-state index in [9.17, 15) is 14.7 Å². The highest BCUT2D eigenvalue weighted by Gasteiger charge is 2.08. The van der Waals surface area contributed by atoms with Crippen LogP contribution < -0.4 is 10.8 Å². The van der Waals surface area contributed by atoms with E-state index in [1.807, 2.05) is 18.2 Å². The van der Waals surface area contributed by atoms with Crippen LogP contribution in [0.1, 0.15) is 24.9 Å². The molecule has 1 aromatic carbocycles. The molecule has 0 aliphatic carbocycles. The number of carboxylic acid groups (broad SMARTS) is 2. The Hall–Kier alpha value is -1.92. The number of carbonyl (C=O) groups excluding carboxylic acids is 1. The van der Waals surface area contributed by atoms with Crippen LogP contribution in [0.3, 0.4) is 0 Å². The normalized spacial score (nSPS) is 12.8. The van der Waals surface area contributed by atoms with E-state index in [4.69, 9.17) is 10.2 Å². The molecule has 0 fully saturated rings. The molecule has 6 nitrogen and oxygen atoms in total. The summed E-state index contributed by atoms with van der Waals surface area (Å²) < 4.78 is 0. The zero-order chi connectivity index (χ0) is 14.1. The van der Waals surface area contributed by atoms with Crippen molar-refractivity contribution >= 4 is 11.9 Å². The summed E-state index contributed by atoms with van der Waals surface area (Å²) in [5, 5.41) is 25.7. The Morgan fingerprint density at radius 1 is 1.33 bits per heavy atom. The Balaban J connectivity index is 0.000000321. The van der Waals surface area contributed by atoms with E-state index in [0.29, 0.717) is 6.04 Å². The number of carbonyl (C=O) groups is 2. The molecule has 0 saturated heterocycles. The van der Waals surface area contributed by atoms with Crippen molar-refractivity contribution in [3.8, 4) is 0 Å². The lowest BCUT2D eigenvalue weighted by molar-refractivity contribution is -0.420. The second-order valence-electron chi connectivity index (χ2n) is 3.74. The van der Waals surface area contributed by atoms with Crippen molar-refractivity contribution in [1.82, 2.24) is 0 Å². The average molecular weight is 255 g/mol. The Morgan fingerprint density at radius 2 is 1.83 bits per heavy atom. The molecule has 0 unspecified atom stereocenters. The molecule has 0 heterocycles. The van der Waals surface area contributed by atoms with E-state index >= 15 is 0 Å². The fourth-order valence-electron chi connectivity index (χ4n) is 1.03. The van der Waals surface area contributed by atoms with Crippen LogP contribution in [0.25, 0.3) is 0 Å². The summed E-state index contributed by atoms with van der Waals surface area (Å²) in [5.74, 6) is -3.14. The van der Waals surface area contributed by atoms with Gasteiger partial charge in [0.25, 0.3) is 0 Å². The van der Waals surface area contributed by atoms with Crippen molar-refractivity contribution in [2.24, 2.45) is 0 Å². The lowest BCUT2D eigenvalue weighted by Crippen LogP contribution is -2.51. The maximum Gasteiger partial charge on any atom is 0.306 e. The summed E-state index contributed by atoms with van der Waals surface area (Å²) in [5.41, 5.74) is 5.21. The molecule has 0 amide bonds. The van der Waals surface area contributed by atoms with E-state index < -0.39 is 24.5 Å². The molecule has 100 valence electrons. The highest BCUT2D eigenvalue weighted by atomic mass is 16.4. The van der Waals surface area contributed by atoms with Crippen LogP contribution in [0.15, 0.2) is 30.3 Å². The molecule has 0 aromatic heterocycles. The number of hydrogen-bond acceptors (Lipinski definition) is 4. The lowest BCUT2D eigenvalue weighted by atomic mass is 10.1. The zero-order valence-corrected chi connectivity index (χ0v) is 10.1. The monoisotopic (exact) mass is 255 g/mol. The fraction of sp³-hybridized carbons (Fsp3) is 0.333. The van der Waals surface area contributed by atoms with Crippen LogP contribution in [0, 0.1) is 0 Å². The van der Waals surface area contributed by atoms with Gasteiger partial charge in [0.05, 0.1) is 12.4 Å². The second kappa shape index (κ2) is 8.21. The maximum atomic E-state index is 9.66. The van der Waals surface area contributed by atoms with Gasteiger partial charge in [-0.2, -0.15) is 0 Å². The first-order valence-corrected chi connectivity index (χ1v) is 5.33. The number of quaternary nitrogens is 1. The van der Waals surface area contributed by atoms with Gasteiger partial charge in [-0.25, -0.2) is 0 Å². The number of aliphatic hydroxyl groups excluding tert-OH is 1. The van der Waals surface area contributed by atoms with Crippen LogP contribution in [0.5, 0.6) is 0 Å². The first-order chi connectivity index (χ1) is 8.34. The van der Waals surface area contributed by atoms with Crippen molar-refractivity contribution in [2.75, 3.05) is 0 Å². The van der Waals surface area contributed by atoms with Gasteiger partial charge in [0, 0.05) is 5.56 Å². The minimum Gasteiger partial charge on any atom is -0.547 e. The quantitative estimate of drug-likeness (QED) is 0.607. The molecule has 1 aromatic rings. The molecular formula is C12H17NO5. The number of rotatable bonds is 4. The SMILES string of the molecule is C[C@@H]([NH3+])c1ccccc1.O=C(O)C[C@@H](O)C(=O)[O-]. The smallest absolute Gasteiger partial charge is 0.306 e. The molecule has 0 radical (unpaired) electrons. The van der Waals surface area contributed by atoms with Gasteiger partial charge in [0.2, 0.25) is 0 Å². The van der Waals surface area contributed by atoms with Crippen LogP contribution in [-0.2, 0) is 9.59 Å². The van der Waals surface area contributed by atoms with Gasteiger partial charge in [-0.05, 0) is 6.92 Å². The van der Waals surface area contributed by atoms with Crippen molar-refractivity contribution < 1.29 is 30.6 Å². The molecule has 0 saturated carbocycles. The lowest BCUT2D eigenvalue weighted by Gasteiger charge is -2.06. The Morgan fingerprint density at radius 3 is 2.06 bits per heavy atom. The third-order valence-corrected chi connectivity index (χ3v) is 2.01. The summed E-state index contributed by atoms with van der Waals surface area (Å²) in [6, 6.07) is 10.7. The Kier molecular flexibility index (Phi) is 7.34. The summed E-state index contributed by atoms with van der Waals surface area (Å²) in [4.78, 5) is 19.3. The first kappa shape index (κ1) is 16.1. The number of hydrogen-bond donors (Lipinski definition) is 3. The van der Waals surface area contributed by atoms with Gasteiger partial charge >= 0.3 is 5.97 Å². The van der Waals surface area contributed by atoms with Gasteiger partial charge in [0.15, 0.2) is 0 Å². The summed E-state index contributed by atoms with van der Waals surface area (Å²) in [7, 11) is 0. The summed E-state index contributed by atoms with van der Waals surface area (Å²) >= 11 is 0. The average Bonchev–Trinajstić information content (AvgIpc) is 2.30. The van der Waals surface area contributed by atoms with E-state index in [1.54, 1.807) is 0 Å². The predicted molar refractivity (Wildman–Crippen MR) is 61.0 cm³/mol. The number of carboxylic acids is 2. The molecule has 2 atom stereocenters. The van der Waals surface area contributed by atoms with Crippen molar-refractivity contribution in [2.45, 2.75) is 25.5 Å². The van der Waals surface area contributed by atoms with Crippen LogP contribution in [0.4, 0.5) is 0 Å². The molecule has 5 N–H and O–H groups in total. The van der Waals surface area contributed by atoms with E-state index in [1.165, 1.54) is 5.56 Å². The third kappa shape index (κ3) is 7.37. The number of benzene rings is 1. The molecule has 0 aliphatic heterocycles. The molecule has 0 spiro atoms.